The third-order valence-electron chi connectivity index (χ3n) is 3.97. The van der Waals surface area contributed by atoms with Crippen LogP contribution < -0.4 is 0 Å². The lowest BCUT2D eigenvalue weighted by Crippen LogP contribution is -2.10. The summed E-state index contributed by atoms with van der Waals surface area (Å²) in [5, 5.41) is 0. The number of nitrogens with zero attached hydrogens (tertiary/aromatic N) is 2. The first-order chi connectivity index (χ1) is 8.38. The van der Waals surface area contributed by atoms with Gasteiger partial charge >= 0.3 is 0 Å². The molecule has 1 aliphatic carbocycles. The monoisotopic (exact) mass is 228 g/mol. The van der Waals surface area contributed by atoms with Gasteiger partial charge in [0.2, 0.25) is 0 Å². The van der Waals surface area contributed by atoms with Crippen LogP contribution in [0.4, 0.5) is 0 Å². The predicted octanol–water partition coefficient (Wildman–Crippen LogP) is 3.79. The lowest BCUT2D eigenvalue weighted by molar-refractivity contribution is 0.455. The second-order valence-corrected chi connectivity index (χ2v) is 5.13. The Morgan fingerprint density at radius 3 is 2.76 bits per heavy atom. The van der Waals surface area contributed by atoms with Crippen molar-refractivity contribution in [2.75, 3.05) is 0 Å². The third-order valence-corrected chi connectivity index (χ3v) is 3.97. The van der Waals surface area contributed by atoms with Crippen molar-refractivity contribution in [1.29, 1.82) is 0 Å². The van der Waals surface area contributed by atoms with E-state index in [2.05, 4.69) is 35.8 Å². The van der Waals surface area contributed by atoms with Crippen LogP contribution in [-0.4, -0.2) is 9.55 Å². The van der Waals surface area contributed by atoms with Crippen molar-refractivity contribution >= 4 is 11.0 Å². The number of benzene rings is 1. The Labute approximate surface area is 103 Å². The lowest BCUT2D eigenvalue weighted by atomic mass is 10.1. The van der Waals surface area contributed by atoms with Crippen LogP contribution >= 0.6 is 0 Å². The molecule has 2 heteroatoms. The number of aromatic nitrogens is 2. The molecule has 1 aromatic carbocycles. The molecule has 0 amide bonds. The minimum absolute atomic E-state index is 0.873. The van der Waals surface area contributed by atoms with Crippen LogP contribution in [0.25, 0.3) is 11.0 Å². The zero-order chi connectivity index (χ0) is 11.7. The minimum atomic E-state index is 0.873. The van der Waals surface area contributed by atoms with Gasteiger partial charge < -0.3 is 4.57 Å². The van der Waals surface area contributed by atoms with Gasteiger partial charge in [-0.15, -0.1) is 0 Å². The van der Waals surface area contributed by atoms with Crippen molar-refractivity contribution in [1.82, 2.24) is 9.55 Å². The lowest BCUT2D eigenvalue weighted by Gasteiger charge is -2.13. The maximum absolute atomic E-state index is 4.74. The zero-order valence-corrected chi connectivity index (χ0v) is 10.5. The molecule has 3 rings (SSSR count). The number of imidazole rings is 1. The fourth-order valence-electron chi connectivity index (χ4n) is 3.05. The summed E-state index contributed by atoms with van der Waals surface area (Å²) < 4.78 is 2.45. The number of para-hydroxylation sites is 2. The second-order valence-electron chi connectivity index (χ2n) is 5.13. The molecule has 2 aromatic rings. The van der Waals surface area contributed by atoms with Crippen molar-refractivity contribution < 1.29 is 0 Å². The summed E-state index contributed by atoms with van der Waals surface area (Å²) in [6, 6.07) is 8.53. The van der Waals surface area contributed by atoms with Crippen LogP contribution in [0.2, 0.25) is 0 Å². The first-order valence-corrected chi connectivity index (χ1v) is 6.82. The van der Waals surface area contributed by atoms with E-state index in [1.165, 1.54) is 43.6 Å². The van der Waals surface area contributed by atoms with Gasteiger partial charge in [-0.1, -0.05) is 31.9 Å². The number of aryl methyl sites for hydroxylation is 1. The highest BCUT2D eigenvalue weighted by molar-refractivity contribution is 5.75. The second kappa shape index (κ2) is 4.52. The Hall–Kier alpha value is -1.31. The Morgan fingerprint density at radius 2 is 2.00 bits per heavy atom. The largest absolute Gasteiger partial charge is 0.328 e. The molecule has 1 aromatic heterocycles. The number of hydrogen-bond donors (Lipinski definition) is 0. The number of fused-ring (bicyclic) bond motifs is 1. The van der Waals surface area contributed by atoms with Gasteiger partial charge in [0.25, 0.3) is 0 Å². The first-order valence-electron chi connectivity index (χ1n) is 6.82. The summed E-state index contributed by atoms with van der Waals surface area (Å²) in [6.45, 7) is 3.37. The number of hydrogen-bond acceptors (Lipinski definition) is 1. The van der Waals surface area contributed by atoms with E-state index in [9.17, 15) is 0 Å². The Morgan fingerprint density at radius 1 is 1.24 bits per heavy atom. The first kappa shape index (κ1) is 10.8. The van der Waals surface area contributed by atoms with E-state index in [4.69, 9.17) is 4.98 Å². The molecule has 0 N–H and O–H groups in total. The van der Waals surface area contributed by atoms with E-state index in [1.807, 2.05) is 0 Å². The Balaban J connectivity index is 1.99. The van der Waals surface area contributed by atoms with Crippen LogP contribution in [0.3, 0.4) is 0 Å². The normalized spacial score (nSPS) is 17.0. The number of rotatable bonds is 3. The van der Waals surface area contributed by atoms with Gasteiger partial charge in [0.1, 0.15) is 5.82 Å². The molecule has 0 atom stereocenters. The fourth-order valence-corrected chi connectivity index (χ4v) is 3.05. The van der Waals surface area contributed by atoms with E-state index >= 15 is 0 Å². The van der Waals surface area contributed by atoms with Crippen LogP contribution in [-0.2, 0) is 13.0 Å². The molecular weight excluding hydrogens is 208 g/mol. The SMILES string of the molecule is CCc1nc2ccccc2n1CC1CCCC1. The predicted molar refractivity (Wildman–Crippen MR) is 71.1 cm³/mol. The van der Waals surface area contributed by atoms with Gasteiger partial charge in [0.05, 0.1) is 11.0 Å². The van der Waals surface area contributed by atoms with Gasteiger partial charge in [0.15, 0.2) is 0 Å². The average molecular weight is 228 g/mol. The highest BCUT2D eigenvalue weighted by atomic mass is 15.1. The smallest absolute Gasteiger partial charge is 0.109 e. The molecule has 0 bridgehead atoms. The zero-order valence-electron chi connectivity index (χ0n) is 10.5. The van der Waals surface area contributed by atoms with Crippen LogP contribution in [0.1, 0.15) is 38.4 Å². The van der Waals surface area contributed by atoms with Crippen LogP contribution in [0.15, 0.2) is 24.3 Å². The highest BCUT2D eigenvalue weighted by Gasteiger charge is 2.18. The molecule has 1 saturated carbocycles. The van der Waals surface area contributed by atoms with E-state index in [0.29, 0.717) is 0 Å². The maximum Gasteiger partial charge on any atom is 0.109 e. The molecule has 0 saturated heterocycles. The molecule has 1 aliphatic rings. The molecule has 0 radical (unpaired) electrons. The molecule has 0 spiro atoms. The van der Waals surface area contributed by atoms with E-state index in [0.717, 1.165) is 17.9 Å². The van der Waals surface area contributed by atoms with E-state index in [-0.39, 0.29) is 0 Å². The van der Waals surface area contributed by atoms with Crippen molar-refractivity contribution in [3.63, 3.8) is 0 Å². The van der Waals surface area contributed by atoms with Crippen molar-refractivity contribution in [3.05, 3.63) is 30.1 Å². The topological polar surface area (TPSA) is 17.8 Å². The van der Waals surface area contributed by atoms with Gasteiger partial charge in [-0.05, 0) is 30.9 Å². The van der Waals surface area contributed by atoms with E-state index in [1.54, 1.807) is 0 Å². The van der Waals surface area contributed by atoms with Gasteiger partial charge in [-0.3, -0.25) is 0 Å². The third kappa shape index (κ3) is 1.97. The van der Waals surface area contributed by atoms with Crippen LogP contribution in [0.5, 0.6) is 0 Å². The quantitative estimate of drug-likeness (QED) is 0.781. The van der Waals surface area contributed by atoms with Gasteiger partial charge in [0, 0.05) is 13.0 Å². The molecule has 17 heavy (non-hydrogen) atoms. The summed E-state index contributed by atoms with van der Waals surface area (Å²) in [4.78, 5) is 4.74. The highest BCUT2D eigenvalue weighted by Crippen LogP contribution is 2.28. The van der Waals surface area contributed by atoms with Crippen molar-refractivity contribution in [2.45, 2.75) is 45.6 Å². The van der Waals surface area contributed by atoms with Crippen molar-refractivity contribution in [2.24, 2.45) is 5.92 Å². The maximum atomic E-state index is 4.74. The average Bonchev–Trinajstić information content (AvgIpc) is 2.98. The van der Waals surface area contributed by atoms with Gasteiger partial charge in [-0.2, -0.15) is 0 Å². The molecule has 1 fully saturated rings. The molecule has 2 nitrogen and oxygen atoms in total. The van der Waals surface area contributed by atoms with Gasteiger partial charge in [-0.25, -0.2) is 4.98 Å². The Kier molecular flexibility index (Phi) is 2.87. The standard InChI is InChI=1S/C15H20N2/c1-2-15-16-13-9-5-6-10-14(13)17(15)11-12-7-3-4-8-12/h5-6,9-10,12H,2-4,7-8,11H2,1H3. The summed E-state index contributed by atoms with van der Waals surface area (Å²) in [6.07, 6.45) is 6.66. The molecule has 1 heterocycles. The van der Waals surface area contributed by atoms with E-state index < -0.39 is 0 Å². The molecule has 0 aliphatic heterocycles. The summed E-state index contributed by atoms with van der Waals surface area (Å²) in [5.41, 5.74) is 2.47. The summed E-state index contributed by atoms with van der Waals surface area (Å²) >= 11 is 0. The molecular formula is C15H20N2. The Bertz CT molecular complexity index is 507. The summed E-state index contributed by atoms with van der Waals surface area (Å²) in [5.74, 6) is 2.12. The fraction of sp³-hybridized carbons (Fsp3) is 0.533. The molecule has 0 unspecified atom stereocenters. The van der Waals surface area contributed by atoms with Crippen molar-refractivity contribution in [3.8, 4) is 0 Å². The summed E-state index contributed by atoms with van der Waals surface area (Å²) in [7, 11) is 0. The van der Waals surface area contributed by atoms with Crippen LogP contribution in [0, 0.1) is 5.92 Å². The minimum Gasteiger partial charge on any atom is -0.328 e. The molecule has 90 valence electrons.